The molecule has 0 aromatic heterocycles. The Morgan fingerprint density at radius 3 is 2.37 bits per heavy atom. The minimum atomic E-state index is -0.562. The lowest BCUT2D eigenvalue weighted by atomic mass is 10.1. The molecule has 0 saturated heterocycles. The monoisotopic (exact) mass is 256 g/mol. The summed E-state index contributed by atoms with van der Waals surface area (Å²) in [4.78, 5) is 11.7. The van der Waals surface area contributed by atoms with Gasteiger partial charge in [0.2, 0.25) is 0 Å². The summed E-state index contributed by atoms with van der Waals surface area (Å²) in [7, 11) is 0. The summed E-state index contributed by atoms with van der Waals surface area (Å²) in [6.45, 7) is 1.77. The van der Waals surface area contributed by atoms with E-state index in [9.17, 15) is 9.18 Å². The molecule has 2 aromatic carbocycles. The molecule has 0 spiro atoms. The van der Waals surface area contributed by atoms with Gasteiger partial charge in [0, 0.05) is 0 Å². The first-order valence-corrected chi connectivity index (χ1v) is 5.83. The highest BCUT2D eigenvalue weighted by Gasteiger charge is 2.09. The molecule has 19 heavy (non-hydrogen) atoms. The summed E-state index contributed by atoms with van der Waals surface area (Å²) < 4.78 is 13.4. The van der Waals surface area contributed by atoms with Gasteiger partial charge in [-0.1, -0.05) is 42.5 Å². The topological polar surface area (TPSA) is 41.5 Å². The van der Waals surface area contributed by atoms with Crippen LogP contribution in [-0.4, -0.2) is 11.6 Å². The molecule has 0 unspecified atom stereocenters. The quantitative estimate of drug-likeness (QED) is 0.665. The number of carbonyl (C=O) groups excluding carboxylic acids is 1. The van der Waals surface area contributed by atoms with Gasteiger partial charge in [-0.25, -0.2) is 9.82 Å². The molecule has 0 radical (unpaired) electrons. The molecule has 0 aliphatic carbocycles. The average molecular weight is 256 g/mol. The van der Waals surface area contributed by atoms with Crippen molar-refractivity contribution in [1.29, 1.82) is 0 Å². The first kappa shape index (κ1) is 13.0. The van der Waals surface area contributed by atoms with Gasteiger partial charge < -0.3 is 0 Å². The van der Waals surface area contributed by atoms with Crippen molar-refractivity contribution in [2.45, 2.75) is 6.92 Å². The van der Waals surface area contributed by atoms with E-state index >= 15 is 0 Å². The van der Waals surface area contributed by atoms with E-state index in [1.165, 1.54) is 18.2 Å². The third kappa shape index (κ3) is 3.25. The van der Waals surface area contributed by atoms with Gasteiger partial charge in [-0.3, -0.25) is 4.79 Å². The van der Waals surface area contributed by atoms with Crippen LogP contribution in [0.3, 0.4) is 0 Å². The fraction of sp³-hybridized carbons (Fsp3) is 0.0667. The van der Waals surface area contributed by atoms with Gasteiger partial charge in [0.1, 0.15) is 5.82 Å². The molecule has 1 N–H and O–H groups in total. The van der Waals surface area contributed by atoms with Crippen LogP contribution in [0, 0.1) is 5.82 Å². The fourth-order valence-electron chi connectivity index (χ4n) is 1.58. The van der Waals surface area contributed by atoms with Crippen LogP contribution in [0.5, 0.6) is 0 Å². The maximum atomic E-state index is 13.4. The van der Waals surface area contributed by atoms with Crippen molar-refractivity contribution in [2.75, 3.05) is 0 Å². The molecule has 2 aromatic rings. The van der Waals surface area contributed by atoms with E-state index < -0.39 is 11.7 Å². The van der Waals surface area contributed by atoms with Crippen LogP contribution in [0.25, 0.3) is 0 Å². The Morgan fingerprint density at radius 2 is 1.68 bits per heavy atom. The molecule has 0 aliphatic heterocycles. The smallest absolute Gasteiger partial charge is 0.267 e. The van der Waals surface area contributed by atoms with Crippen molar-refractivity contribution in [2.24, 2.45) is 5.10 Å². The van der Waals surface area contributed by atoms with Crippen LogP contribution in [0.4, 0.5) is 4.39 Å². The Balaban J connectivity index is 2.11. The van der Waals surface area contributed by atoms with Crippen LogP contribution < -0.4 is 5.43 Å². The average Bonchev–Trinajstić information content (AvgIpc) is 2.46. The van der Waals surface area contributed by atoms with Crippen LogP contribution in [0.1, 0.15) is 22.8 Å². The predicted octanol–water partition coefficient (Wildman–Crippen LogP) is 2.98. The zero-order chi connectivity index (χ0) is 13.7. The molecular weight excluding hydrogens is 243 g/mol. The fourth-order valence-corrected chi connectivity index (χ4v) is 1.58. The number of nitrogens with one attached hydrogen (secondary N) is 1. The summed E-state index contributed by atoms with van der Waals surface area (Å²) in [6.07, 6.45) is 0. The van der Waals surface area contributed by atoms with Crippen molar-refractivity contribution in [1.82, 2.24) is 5.43 Å². The van der Waals surface area contributed by atoms with Gasteiger partial charge in [-0.05, 0) is 24.6 Å². The molecule has 4 heteroatoms. The minimum Gasteiger partial charge on any atom is -0.267 e. The van der Waals surface area contributed by atoms with Crippen molar-refractivity contribution < 1.29 is 9.18 Å². The van der Waals surface area contributed by atoms with E-state index in [2.05, 4.69) is 10.5 Å². The highest BCUT2D eigenvalue weighted by Crippen LogP contribution is 2.06. The Morgan fingerprint density at radius 1 is 1.05 bits per heavy atom. The normalized spacial score (nSPS) is 11.2. The van der Waals surface area contributed by atoms with Crippen molar-refractivity contribution in [3.8, 4) is 0 Å². The highest BCUT2D eigenvalue weighted by molar-refractivity contribution is 6.00. The number of nitrogens with zero attached hydrogens (tertiary/aromatic N) is 1. The second kappa shape index (κ2) is 5.91. The van der Waals surface area contributed by atoms with E-state index in [0.29, 0.717) is 5.71 Å². The Hall–Kier alpha value is -2.49. The highest BCUT2D eigenvalue weighted by atomic mass is 19.1. The van der Waals surface area contributed by atoms with Crippen LogP contribution in [0.2, 0.25) is 0 Å². The third-order valence-electron chi connectivity index (χ3n) is 2.64. The number of carbonyl (C=O) groups is 1. The lowest BCUT2D eigenvalue weighted by Crippen LogP contribution is -2.20. The number of benzene rings is 2. The third-order valence-corrected chi connectivity index (χ3v) is 2.64. The van der Waals surface area contributed by atoms with E-state index in [-0.39, 0.29) is 5.56 Å². The molecule has 0 atom stereocenters. The second-order valence-corrected chi connectivity index (χ2v) is 3.98. The molecule has 2 rings (SSSR count). The van der Waals surface area contributed by atoms with Gasteiger partial charge in [0.05, 0.1) is 11.3 Å². The standard InChI is InChI=1S/C15H13FN2O/c1-11(12-7-3-2-4-8-12)17-18-15(19)13-9-5-6-10-14(13)16/h2-10H,1H3,(H,18,19)/b17-11-. The maximum absolute atomic E-state index is 13.4. The summed E-state index contributed by atoms with van der Waals surface area (Å²) >= 11 is 0. The molecule has 3 nitrogen and oxygen atoms in total. The molecule has 1 amide bonds. The van der Waals surface area contributed by atoms with Crippen molar-refractivity contribution >= 4 is 11.6 Å². The first-order chi connectivity index (χ1) is 9.18. The molecule has 0 heterocycles. The summed E-state index contributed by atoms with van der Waals surface area (Å²) in [5, 5.41) is 3.96. The maximum Gasteiger partial charge on any atom is 0.274 e. The molecule has 0 aliphatic rings. The number of hydrazone groups is 1. The lowest BCUT2D eigenvalue weighted by Gasteiger charge is -2.03. The zero-order valence-corrected chi connectivity index (χ0v) is 10.4. The molecule has 96 valence electrons. The minimum absolute atomic E-state index is 0.0212. The van der Waals surface area contributed by atoms with E-state index in [1.54, 1.807) is 13.0 Å². The number of hydrogen-bond acceptors (Lipinski definition) is 2. The lowest BCUT2D eigenvalue weighted by molar-refractivity contribution is 0.0951. The molecular formula is C15H13FN2O. The molecule has 0 saturated carbocycles. The number of amides is 1. The van der Waals surface area contributed by atoms with Crippen molar-refractivity contribution in [3.05, 3.63) is 71.5 Å². The zero-order valence-electron chi connectivity index (χ0n) is 10.4. The van der Waals surface area contributed by atoms with Crippen LogP contribution in [-0.2, 0) is 0 Å². The molecule has 0 fully saturated rings. The largest absolute Gasteiger partial charge is 0.274 e. The summed E-state index contributed by atoms with van der Waals surface area (Å²) in [5.74, 6) is -1.12. The molecule has 0 bridgehead atoms. The predicted molar refractivity (Wildman–Crippen MR) is 72.5 cm³/mol. The van der Waals surface area contributed by atoms with Crippen LogP contribution >= 0.6 is 0 Å². The Bertz CT molecular complexity index is 609. The van der Waals surface area contributed by atoms with E-state index in [0.717, 1.165) is 5.56 Å². The first-order valence-electron chi connectivity index (χ1n) is 5.83. The number of halogens is 1. The van der Waals surface area contributed by atoms with Gasteiger partial charge in [0.25, 0.3) is 5.91 Å². The van der Waals surface area contributed by atoms with Gasteiger partial charge in [-0.2, -0.15) is 5.10 Å². The Labute approximate surface area is 110 Å². The number of hydrogen-bond donors (Lipinski definition) is 1. The second-order valence-electron chi connectivity index (χ2n) is 3.98. The Kier molecular flexibility index (Phi) is 4.03. The summed E-state index contributed by atoms with van der Waals surface area (Å²) in [6, 6.07) is 15.2. The number of rotatable bonds is 3. The van der Waals surface area contributed by atoms with E-state index in [4.69, 9.17) is 0 Å². The van der Waals surface area contributed by atoms with Gasteiger partial charge in [0.15, 0.2) is 0 Å². The van der Waals surface area contributed by atoms with Crippen LogP contribution in [0.15, 0.2) is 59.7 Å². The van der Waals surface area contributed by atoms with E-state index in [1.807, 2.05) is 30.3 Å². The van der Waals surface area contributed by atoms with Gasteiger partial charge in [-0.15, -0.1) is 0 Å². The SMILES string of the molecule is C/C(=N/NC(=O)c1ccccc1F)c1ccccc1. The van der Waals surface area contributed by atoms with Crippen molar-refractivity contribution in [3.63, 3.8) is 0 Å². The van der Waals surface area contributed by atoms with Gasteiger partial charge >= 0.3 is 0 Å². The summed E-state index contributed by atoms with van der Waals surface area (Å²) in [5.41, 5.74) is 3.88.